The fourth-order valence-corrected chi connectivity index (χ4v) is 1.39. The Morgan fingerprint density at radius 3 is 2.70 bits per heavy atom. The van der Waals surface area contributed by atoms with Crippen molar-refractivity contribution in [2.24, 2.45) is 0 Å². The highest BCUT2D eigenvalue weighted by atomic mass is 16.9. The molecule has 3 heteroatoms. The first kappa shape index (κ1) is 6.58. The van der Waals surface area contributed by atoms with Gasteiger partial charge in [0.1, 0.15) is 6.61 Å². The van der Waals surface area contributed by atoms with Crippen LogP contribution in [0.2, 0.25) is 0 Å². The second-order valence-electron chi connectivity index (χ2n) is 3.03. The third-order valence-corrected chi connectivity index (χ3v) is 2.25. The van der Waals surface area contributed by atoms with E-state index in [0.717, 1.165) is 19.3 Å². The van der Waals surface area contributed by atoms with Gasteiger partial charge in [0, 0.05) is 6.42 Å². The monoisotopic (exact) mass is 144 g/mol. The topological polar surface area (TPSA) is 42.0 Å². The molecule has 0 spiro atoms. The zero-order chi connectivity index (χ0) is 7.24. The van der Waals surface area contributed by atoms with Crippen LogP contribution < -0.4 is 0 Å². The van der Waals surface area contributed by atoms with Crippen molar-refractivity contribution in [3.05, 3.63) is 0 Å². The van der Waals surface area contributed by atoms with E-state index in [1.54, 1.807) is 0 Å². The fourth-order valence-electron chi connectivity index (χ4n) is 1.39. The molecule has 10 heavy (non-hydrogen) atoms. The minimum Gasteiger partial charge on any atom is -0.359 e. The van der Waals surface area contributed by atoms with Gasteiger partial charge in [-0.15, -0.1) is 0 Å². The van der Waals surface area contributed by atoms with Gasteiger partial charge >= 0.3 is 0 Å². The van der Waals surface area contributed by atoms with Crippen molar-refractivity contribution in [2.75, 3.05) is 6.61 Å². The quantitative estimate of drug-likeness (QED) is 0.590. The van der Waals surface area contributed by atoms with Gasteiger partial charge in [0.2, 0.25) is 11.6 Å². The van der Waals surface area contributed by atoms with Crippen LogP contribution in [0.3, 0.4) is 0 Å². The number of aliphatic hydroxyl groups is 1. The number of ether oxygens (including phenoxy) is 2. The average Bonchev–Trinajstić information content (AvgIpc) is 2.32. The zero-order valence-electron chi connectivity index (χ0n) is 6.09. The van der Waals surface area contributed by atoms with E-state index in [1.807, 2.05) is 0 Å². The van der Waals surface area contributed by atoms with Crippen LogP contribution in [0.25, 0.3) is 0 Å². The molecule has 2 aliphatic heterocycles. The first-order valence-electron chi connectivity index (χ1n) is 3.79. The summed E-state index contributed by atoms with van der Waals surface area (Å²) in [6, 6.07) is 0. The summed E-state index contributed by atoms with van der Waals surface area (Å²) in [6.07, 6.45) is 3.01. The molecule has 2 rings (SSSR count). The average molecular weight is 144 g/mol. The van der Waals surface area contributed by atoms with Crippen LogP contribution in [-0.4, -0.2) is 23.3 Å². The minimum absolute atomic E-state index is 0.358. The standard InChI is InChI=1S/C7H12O3/c1-2-3-4-7-6(8,10-7)5-9-7/h8H,2-5H2,1H3. The summed E-state index contributed by atoms with van der Waals surface area (Å²) >= 11 is 0. The summed E-state index contributed by atoms with van der Waals surface area (Å²) in [6.45, 7) is 2.47. The van der Waals surface area contributed by atoms with Gasteiger partial charge in [0.05, 0.1) is 0 Å². The first-order chi connectivity index (χ1) is 4.72. The molecule has 2 atom stereocenters. The molecule has 0 saturated carbocycles. The van der Waals surface area contributed by atoms with Gasteiger partial charge in [-0.3, -0.25) is 0 Å². The highest BCUT2D eigenvalue weighted by Crippen LogP contribution is 2.58. The van der Waals surface area contributed by atoms with E-state index in [0.29, 0.717) is 6.61 Å². The van der Waals surface area contributed by atoms with Crippen molar-refractivity contribution < 1.29 is 14.6 Å². The van der Waals surface area contributed by atoms with Crippen molar-refractivity contribution >= 4 is 0 Å². The van der Waals surface area contributed by atoms with Gasteiger partial charge in [0.25, 0.3) is 0 Å². The van der Waals surface area contributed by atoms with Crippen molar-refractivity contribution in [2.45, 2.75) is 37.8 Å². The summed E-state index contributed by atoms with van der Waals surface area (Å²) in [7, 11) is 0. The SMILES string of the molecule is CCCCC12OCC1(O)O2. The van der Waals surface area contributed by atoms with Gasteiger partial charge in [-0.25, -0.2) is 0 Å². The van der Waals surface area contributed by atoms with Crippen LogP contribution in [0, 0.1) is 0 Å². The van der Waals surface area contributed by atoms with Gasteiger partial charge in [-0.1, -0.05) is 13.3 Å². The maximum Gasteiger partial charge on any atom is 0.248 e. The second-order valence-corrected chi connectivity index (χ2v) is 3.03. The Balaban J connectivity index is 1.85. The Kier molecular flexibility index (Phi) is 1.14. The summed E-state index contributed by atoms with van der Waals surface area (Å²) in [5.41, 5.74) is 0. The van der Waals surface area contributed by atoms with E-state index in [1.165, 1.54) is 0 Å². The molecule has 0 radical (unpaired) electrons. The molecule has 2 unspecified atom stereocenters. The molecular formula is C7H12O3. The fraction of sp³-hybridized carbons (Fsp3) is 1.00. The molecule has 0 aromatic carbocycles. The number of epoxide rings is 1. The highest BCUT2D eigenvalue weighted by Gasteiger charge is 2.79. The van der Waals surface area contributed by atoms with Crippen molar-refractivity contribution in [3.63, 3.8) is 0 Å². The van der Waals surface area contributed by atoms with Crippen LogP contribution in [-0.2, 0) is 9.47 Å². The highest BCUT2D eigenvalue weighted by molar-refractivity contribution is 5.09. The lowest BCUT2D eigenvalue weighted by Gasteiger charge is -2.24. The lowest BCUT2D eigenvalue weighted by atomic mass is 10.0. The molecule has 0 aliphatic carbocycles. The van der Waals surface area contributed by atoms with Crippen molar-refractivity contribution in [3.8, 4) is 0 Å². The molecule has 2 fully saturated rings. The zero-order valence-corrected chi connectivity index (χ0v) is 6.09. The minimum atomic E-state index is -0.887. The van der Waals surface area contributed by atoms with E-state index in [9.17, 15) is 5.11 Å². The second kappa shape index (κ2) is 1.72. The maximum atomic E-state index is 9.32. The van der Waals surface area contributed by atoms with Crippen LogP contribution >= 0.6 is 0 Å². The molecule has 3 nitrogen and oxygen atoms in total. The third kappa shape index (κ3) is 0.603. The Morgan fingerprint density at radius 1 is 1.60 bits per heavy atom. The Bertz CT molecular complexity index is 159. The Labute approximate surface area is 59.9 Å². The summed E-state index contributed by atoms with van der Waals surface area (Å²) < 4.78 is 10.2. The largest absolute Gasteiger partial charge is 0.359 e. The van der Waals surface area contributed by atoms with Gasteiger partial charge < -0.3 is 14.6 Å². The number of rotatable bonds is 3. The lowest BCUT2D eigenvalue weighted by molar-refractivity contribution is -0.164. The van der Waals surface area contributed by atoms with E-state index in [2.05, 4.69) is 6.92 Å². The Hall–Kier alpha value is -0.120. The third-order valence-electron chi connectivity index (χ3n) is 2.25. The number of fused-ring (bicyclic) bond motifs is 1. The normalized spacial score (nSPS) is 49.8. The molecule has 1 N–H and O–H groups in total. The van der Waals surface area contributed by atoms with E-state index in [4.69, 9.17) is 9.47 Å². The molecule has 2 saturated heterocycles. The number of hydrogen-bond acceptors (Lipinski definition) is 3. The molecular weight excluding hydrogens is 132 g/mol. The van der Waals surface area contributed by atoms with Crippen LogP contribution in [0.1, 0.15) is 26.2 Å². The van der Waals surface area contributed by atoms with E-state index >= 15 is 0 Å². The van der Waals surface area contributed by atoms with Crippen LogP contribution in [0.15, 0.2) is 0 Å². The smallest absolute Gasteiger partial charge is 0.248 e. The number of unbranched alkanes of at least 4 members (excludes halogenated alkanes) is 1. The maximum absolute atomic E-state index is 9.32. The van der Waals surface area contributed by atoms with E-state index in [-0.39, 0.29) is 0 Å². The van der Waals surface area contributed by atoms with Gasteiger partial charge in [-0.05, 0) is 6.42 Å². The van der Waals surface area contributed by atoms with Gasteiger partial charge in [0.15, 0.2) is 0 Å². The molecule has 0 bridgehead atoms. The van der Waals surface area contributed by atoms with Crippen LogP contribution in [0.4, 0.5) is 0 Å². The summed E-state index contributed by atoms with van der Waals surface area (Å²) in [4.78, 5) is 0. The predicted octanol–water partition coefficient (Wildman–Crippen LogP) is 0.622. The summed E-state index contributed by atoms with van der Waals surface area (Å²) in [5.74, 6) is -1.45. The number of hydrogen-bond donors (Lipinski definition) is 1. The van der Waals surface area contributed by atoms with Gasteiger partial charge in [-0.2, -0.15) is 0 Å². The van der Waals surface area contributed by atoms with Crippen molar-refractivity contribution in [1.82, 2.24) is 0 Å². The van der Waals surface area contributed by atoms with E-state index < -0.39 is 11.6 Å². The predicted molar refractivity (Wildman–Crippen MR) is 34.2 cm³/mol. The first-order valence-corrected chi connectivity index (χ1v) is 3.79. The summed E-state index contributed by atoms with van der Waals surface area (Å²) in [5, 5.41) is 9.32. The molecule has 2 heterocycles. The molecule has 2 aliphatic rings. The molecule has 0 amide bonds. The molecule has 0 aromatic rings. The van der Waals surface area contributed by atoms with Crippen molar-refractivity contribution in [1.29, 1.82) is 0 Å². The lowest BCUT2D eigenvalue weighted by Crippen LogP contribution is -2.44. The Morgan fingerprint density at radius 2 is 2.40 bits per heavy atom. The molecule has 0 aromatic heterocycles. The molecule has 58 valence electrons. The van der Waals surface area contributed by atoms with Crippen LogP contribution in [0.5, 0.6) is 0 Å².